The van der Waals surface area contributed by atoms with Crippen LogP contribution in [0.1, 0.15) is 42.1 Å². The zero-order valence-electron chi connectivity index (χ0n) is 12.7. The normalized spacial score (nSPS) is 12.4. The number of nitrogens with zero attached hydrogens (tertiary/aromatic N) is 4. The van der Waals surface area contributed by atoms with Crippen molar-refractivity contribution >= 4 is 21.8 Å². The van der Waals surface area contributed by atoms with Crippen LogP contribution in [0, 0.1) is 13.8 Å². The number of rotatable bonds is 5. The lowest BCUT2D eigenvalue weighted by molar-refractivity contribution is 0.0933. The Balaban J connectivity index is 2.09. The van der Waals surface area contributed by atoms with Crippen LogP contribution in [-0.4, -0.2) is 31.5 Å². The molecule has 0 saturated carbocycles. The molecule has 0 radical (unpaired) electrons. The predicted octanol–water partition coefficient (Wildman–Crippen LogP) is 2.49. The van der Waals surface area contributed by atoms with Gasteiger partial charge in [0.15, 0.2) is 0 Å². The maximum absolute atomic E-state index is 12.0. The summed E-state index contributed by atoms with van der Waals surface area (Å²) in [7, 11) is 0. The van der Waals surface area contributed by atoms with Gasteiger partial charge in [-0.25, -0.2) is 4.68 Å². The second kappa shape index (κ2) is 6.43. The van der Waals surface area contributed by atoms with Gasteiger partial charge in [0, 0.05) is 12.2 Å². The molecule has 7 heteroatoms. The summed E-state index contributed by atoms with van der Waals surface area (Å²) in [5.74, 6) is -0.141. The molecule has 2 rings (SSSR count). The summed E-state index contributed by atoms with van der Waals surface area (Å²) in [6, 6.07) is 1.87. The molecule has 0 spiro atoms. The van der Waals surface area contributed by atoms with E-state index in [9.17, 15) is 4.79 Å². The molecular weight excluding hydrogens is 334 g/mol. The Morgan fingerprint density at radius 3 is 2.71 bits per heavy atom. The van der Waals surface area contributed by atoms with E-state index in [-0.39, 0.29) is 11.9 Å². The predicted molar refractivity (Wildman–Crippen MR) is 84.2 cm³/mol. The highest BCUT2D eigenvalue weighted by Crippen LogP contribution is 2.19. The molecule has 114 valence electrons. The number of halogens is 1. The molecule has 1 amide bonds. The topological polar surface area (TPSA) is 64.7 Å². The third-order valence-electron chi connectivity index (χ3n) is 3.44. The molecule has 2 aromatic rings. The van der Waals surface area contributed by atoms with Gasteiger partial charge in [0.05, 0.1) is 15.9 Å². The third kappa shape index (κ3) is 3.53. The number of hydrogen-bond acceptors (Lipinski definition) is 3. The highest BCUT2D eigenvalue weighted by Gasteiger charge is 2.13. The van der Waals surface area contributed by atoms with E-state index in [4.69, 9.17) is 0 Å². The molecule has 21 heavy (non-hydrogen) atoms. The fourth-order valence-electron chi connectivity index (χ4n) is 1.91. The summed E-state index contributed by atoms with van der Waals surface area (Å²) in [5.41, 5.74) is 2.40. The average Bonchev–Trinajstić information content (AvgIpc) is 3.01. The molecule has 2 heterocycles. The Bertz CT molecular complexity index is 646. The quantitative estimate of drug-likeness (QED) is 0.897. The smallest absolute Gasteiger partial charge is 0.271 e. The summed E-state index contributed by atoms with van der Waals surface area (Å²) in [6.45, 7) is 8.42. The highest BCUT2D eigenvalue weighted by atomic mass is 79.9. The maximum atomic E-state index is 12.0. The Morgan fingerprint density at radius 2 is 2.14 bits per heavy atom. The van der Waals surface area contributed by atoms with Gasteiger partial charge in [-0.3, -0.25) is 9.48 Å². The first kappa shape index (κ1) is 15.8. The lowest BCUT2D eigenvalue weighted by Gasteiger charge is -2.09. The summed E-state index contributed by atoms with van der Waals surface area (Å²) in [4.78, 5) is 12.0. The SMILES string of the molecule is CC[C@@H](C)NC(=O)c1ccn(Cn2nc(C)c(Br)c2C)n1. The van der Waals surface area contributed by atoms with Crippen LogP contribution in [-0.2, 0) is 6.67 Å². The number of aromatic nitrogens is 4. The fraction of sp³-hybridized carbons (Fsp3) is 0.500. The zero-order chi connectivity index (χ0) is 15.6. The number of carbonyl (C=O) groups is 1. The van der Waals surface area contributed by atoms with Gasteiger partial charge in [0.25, 0.3) is 5.91 Å². The lowest BCUT2D eigenvalue weighted by atomic mass is 10.2. The molecular formula is C14H20BrN5O. The summed E-state index contributed by atoms with van der Waals surface area (Å²) < 4.78 is 4.56. The molecule has 0 aliphatic rings. The van der Waals surface area contributed by atoms with Crippen LogP contribution in [0.5, 0.6) is 0 Å². The Hall–Kier alpha value is -1.63. The van der Waals surface area contributed by atoms with Gasteiger partial charge in [0.1, 0.15) is 12.4 Å². The molecule has 0 aliphatic heterocycles. The minimum atomic E-state index is -0.141. The maximum Gasteiger partial charge on any atom is 0.271 e. The van der Waals surface area contributed by atoms with E-state index in [1.54, 1.807) is 16.9 Å². The number of hydrogen-bond donors (Lipinski definition) is 1. The number of amides is 1. The standard InChI is InChI=1S/C14H20BrN5O/c1-5-9(2)16-14(21)12-6-7-19(18-12)8-20-11(4)13(15)10(3)17-20/h6-7,9H,5,8H2,1-4H3,(H,16,21)/t9-/m1/s1. The van der Waals surface area contributed by atoms with Gasteiger partial charge in [-0.1, -0.05) is 6.92 Å². The molecule has 6 nitrogen and oxygen atoms in total. The monoisotopic (exact) mass is 353 g/mol. The van der Waals surface area contributed by atoms with Crippen molar-refractivity contribution in [2.24, 2.45) is 0 Å². The second-order valence-corrected chi connectivity index (χ2v) is 5.94. The van der Waals surface area contributed by atoms with E-state index in [1.807, 2.05) is 32.4 Å². The van der Waals surface area contributed by atoms with Crippen molar-refractivity contribution in [1.29, 1.82) is 0 Å². The van der Waals surface area contributed by atoms with Crippen LogP contribution in [0.25, 0.3) is 0 Å². The summed E-state index contributed by atoms with van der Waals surface area (Å²) in [5, 5.41) is 11.6. The van der Waals surface area contributed by atoms with Gasteiger partial charge in [-0.15, -0.1) is 0 Å². The zero-order valence-corrected chi connectivity index (χ0v) is 14.3. The second-order valence-electron chi connectivity index (χ2n) is 5.15. The Morgan fingerprint density at radius 1 is 1.43 bits per heavy atom. The van der Waals surface area contributed by atoms with E-state index in [1.165, 1.54) is 0 Å². The fourth-order valence-corrected chi connectivity index (χ4v) is 2.20. The first-order valence-corrected chi connectivity index (χ1v) is 7.75. The van der Waals surface area contributed by atoms with E-state index in [2.05, 4.69) is 31.4 Å². The van der Waals surface area contributed by atoms with Crippen LogP contribution in [0.15, 0.2) is 16.7 Å². The van der Waals surface area contributed by atoms with Gasteiger partial charge in [-0.05, 0) is 49.2 Å². The van der Waals surface area contributed by atoms with Crippen molar-refractivity contribution in [1.82, 2.24) is 24.9 Å². The lowest BCUT2D eigenvalue weighted by Crippen LogP contribution is -2.32. The Kier molecular flexibility index (Phi) is 4.82. The van der Waals surface area contributed by atoms with Crippen LogP contribution >= 0.6 is 15.9 Å². The van der Waals surface area contributed by atoms with Gasteiger partial charge in [0.2, 0.25) is 0 Å². The minimum absolute atomic E-state index is 0.141. The van der Waals surface area contributed by atoms with Gasteiger partial charge < -0.3 is 5.32 Å². The van der Waals surface area contributed by atoms with Crippen molar-refractivity contribution in [2.75, 3.05) is 0 Å². The first-order valence-electron chi connectivity index (χ1n) is 6.96. The van der Waals surface area contributed by atoms with E-state index in [0.717, 1.165) is 22.3 Å². The van der Waals surface area contributed by atoms with Crippen LogP contribution in [0.3, 0.4) is 0 Å². The molecule has 1 atom stereocenters. The molecule has 2 aromatic heterocycles. The van der Waals surface area contributed by atoms with Crippen molar-refractivity contribution in [3.05, 3.63) is 33.8 Å². The van der Waals surface area contributed by atoms with E-state index in [0.29, 0.717) is 12.4 Å². The molecule has 0 saturated heterocycles. The number of nitrogens with one attached hydrogen (secondary N) is 1. The molecule has 0 fully saturated rings. The molecule has 1 N–H and O–H groups in total. The van der Waals surface area contributed by atoms with Crippen molar-refractivity contribution in [3.63, 3.8) is 0 Å². The van der Waals surface area contributed by atoms with Crippen molar-refractivity contribution in [2.45, 2.75) is 46.8 Å². The van der Waals surface area contributed by atoms with E-state index >= 15 is 0 Å². The van der Waals surface area contributed by atoms with Gasteiger partial charge in [-0.2, -0.15) is 10.2 Å². The molecule has 0 unspecified atom stereocenters. The number of aryl methyl sites for hydroxylation is 1. The van der Waals surface area contributed by atoms with Crippen molar-refractivity contribution < 1.29 is 4.79 Å². The third-order valence-corrected chi connectivity index (χ3v) is 4.58. The van der Waals surface area contributed by atoms with Crippen molar-refractivity contribution in [3.8, 4) is 0 Å². The average molecular weight is 354 g/mol. The first-order chi connectivity index (χ1) is 9.92. The number of carbonyl (C=O) groups excluding carboxylic acids is 1. The molecule has 0 aliphatic carbocycles. The molecule has 0 bridgehead atoms. The summed E-state index contributed by atoms with van der Waals surface area (Å²) in [6.07, 6.45) is 2.68. The van der Waals surface area contributed by atoms with Crippen LogP contribution in [0.4, 0.5) is 0 Å². The largest absolute Gasteiger partial charge is 0.348 e. The molecule has 0 aromatic carbocycles. The van der Waals surface area contributed by atoms with Crippen LogP contribution in [0.2, 0.25) is 0 Å². The van der Waals surface area contributed by atoms with Crippen LogP contribution < -0.4 is 5.32 Å². The van der Waals surface area contributed by atoms with E-state index < -0.39 is 0 Å². The van der Waals surface area contributed by atoms with Gasteiger partial charge >= 0.3 is 0 Å². The highest BCUT2D eigenvalue weighted by molar-refractivity contribution is 9.10. The summed E-state index contributed by atoms with van der Waals surface area (Å²) >= 11 is 3.50. The Labute approximate surface area is 132 Å². The minimum Gasteiger partial charge on any atom is -0.348 e.